The van der Waals surface area contributed by atoms with Crippen molar-refractivity contribution in [3.8, 4) is 0 Å². The fourth-order valence-electron chi connectivity index (χ4n) is 4.11. The highest BCUT2D eigenvalue weighted by molar-refractivity contribution is 7.17. The Kier molecular flexibility index (Phi) is 5.65. The Labute approximate surface area is 170 Å². The number of fused-ring (bicyclic) bond motifs is 3. The molecule has 2 N–H and O–H groups in total. The summed E-state index contributed by atoms with van der Waals surface area (Å²) in [6, 6.07) is 11.0. The number of nitrogens with two attached hydrogens (primary N) is 1. The van der Waals surface area contributed by atoms with Gasteiger partial charge < -0.3 is 5.32 Å². The van der Waals surface area contributed by atoms with Crippen LogP contribution in [0.25, 0.3) is 4.96 Å². The number of quaternary nitrogens is 1. The Morgan fingerprint density at radius 2 is 1.89 bits per heavy atom. The second kappa shape index (κ2) is 8.18. The molecule has 4 nitrogen and oxygen atoms in total. The molecule has 1 atom stereocenters. The van der Waals surface area contributed by atoms with Gasteiger partial charge in [-0.1, -0.05) is 38.1 Å². The van der Waals surface area contributed by atoms with Crippen molar-refractivity contribution in [1.82, 2.24) is 9.38 Å². The summed E-state index contributed by atoms with van der Waals surface area (Å²) in [5.74, 6) is 0.679. The average Bonchev–Trinajstić information content (AvgIpc) is 3.05. The minimum Gasteiger partial charge on any atom is -0.335 e. The van der Waals surface area contributed by atoms with Gasteiger partial charge in [-0.15, -0.1) is 11.3 Å². The zero-order valence-electron chi connectivity index (χ0n) is 17.1. The monoisotopic (exact) mass is 396 g/mol. The summed E-state index contributed by atoms with van der Waals surface area (Å²) in [6.45, 7) is 7.44. The van der Waals surface area contributed by atoms with Gasteiger partial charge in [0, 0.05) is 22.2 Å². The molecule has 1 aromatic carbocycles. The molecule has 0 saturated carbocycles. The van der Waals surface area contributed by atoms with E-state index >= 15 is 0 Å². The Bertz CT molecular complexity index is 1020. The van der Waals surface area contributed by atoms with Crippen LogP contribution in [-0.2, 0) is 25.8 Å². The standard InChI is InChI=1S/C23H29N3OS/c1-15(2)12-17-8-10-18(11-9-17)16(3)24-14-19-13-22(27)26-20-6-4-5-7-21(20)28-23(26)25-19/h8-11,13,15-16,24H,4-7,12,14H2,1-3H3/p+1/t16-/m0/s1. The molecule has 0 saturated heterocycles. The zero-order chi connectivity index (χ0) is 19.7. The number of aromatic nitrogens is 2. The van der Waals surface area contributed by atoms with Crippen LogP contribution in [-0.4, -0.2) is 9.38 Å². The van der Waals surface area contributed by atoms with Crippen LogP contribution in [0.1, 0.15) is 67.0 Å². The molecule has 1 aliphatic carbocycles. The highest BCUT2D eigenvalue weighted by atomic mass is 32.1. The van der Waals surface area contributed by atoms with Crippen LogP contribution in [0, 0.1) is 5.92 Å². The third-order valence-corrected chi connectivity index (χ3v) is 6.79. The molecule has 2 heterocycles. The maximum absolute atomic E-state index is 12.7. The molecule has 0 amide bonds. The first kappa shape index (κ1) is 19.3. The Hall–Kier alpha value is -1.98. The highest BCUT2D eigenvalue weighted by Gasteiger charge is 2.19. The lowest BCUT2D eigenvalue weighted by Gasteiger charge is -2.12. The van der Waals surface area contributed by atoms with Gasteiger partial charge in [-0.25, -0.2) is 4.98 Å². The van der Waals surface area contributed by atoms with Crippen LogP contribution in [0.3, 0.4) is 0 Å². The molecule has 0 aliphatic heterocycles. The van der Waals surface area contributed by atoms with Crippen LogP contribution in [0.5, 0.6) is 0 Å². The van der Waals surface area contributed by atoms with Crippen molar-refractivity contribution in [3.63, 3.8) is 0 Å². The average molecular weight is 397 g/mol. The van der Waals surface area contributed by atoms with Crippen LogP contribution < -0.4 is 10.9 Å². The number of aryl methyl sites for hydroxylation is 2. The number of nitrogens with zero attached hydrogens (tertiary/aromatic N) is 2. The first-order valence-corrected chi connectivity index (χ1v) is 11.3. The van der Waals surface area contributed by atoms with E-state index in [-0.39, 0.29) is 5.56 Å². The second-order valence-corrected chi connectivity index (χ2v) is 9.51. The molecule has 0 fully saturated rings. The van der Waals surface area contributed by atoms with E-state index in [4.69, 9.17) is 4.98 Å². The summed E-state index contributed by atoms with van der Waals surface area (Å²) in [5, 5.41) is 2.27. The summed E-state index contributed by atoms with van der Waals surface area (Å²) < 4.78 is 1.85. The van der Waals surface area contributed by atoms with Crippen LogP contribution >= 0.6 is 11.3 Å². The van der Waals surface area contributed by atoms with E-state index < -0.39 is 0 Å². The molecule has 4 rings (SSSR count). The van der Waals surface area contributed by atoms with Gasteiger partial charge in [-0.3, -0.25) is 9.20 Å². The summed E-state index contributed by atoms with van der Waals surface area (Å²) in [4.78, 5) is 19.7. The SMILES string of the molecule is CC(C)Cc1ccc([C@H](C)[NH2+]Cc2cc(=O)n3c4c(sc3n2)CCCC4)cc1. The normalized spacial score (nSPS) is 15.1. The Morgan fingerprint density at radius 3 is 2.64 bits per heavy atom. The van der Waals surface area contributed by atoms with Crippen molar-refractivity contribution in [2.45, 2.75) is 65.5 Å². The van der Waals surface area contributed by atoms with E-state index in [1.165, 1.54) is 34.5 Å². The summed E-state index contributed by atoms with van der Waals surface area (Å²) in [6.07, 6.45) is 5.62. The van der Waals surface area contributed by atoms with Crippen molar-refractivity contribution in [1.29, 1.82) is 0 Å². The number of thiazole rings is 1. The molecule has 1 aliphatic rings. The summed E-state index contributed by atoms with van der Waals surface area (Å²) in [7, 11) is 0. The van der Waals surface area contributed by atoms with Gasteiger partial charge >= 0.3 is 0 Å². The predicted molar refractivity (Wildman–Crippen MR) is 115 cm³/mol. The first-order valence-electron chi connectivity index (χ1n) is 10.5. The lowest BCUT2D eigenvalue weighted by Crippen LogP contribution is -2.83. The molecule has 0 spiro atoms. The number of hydrogen-bond donors (Lipinski definition) is 1. The van der Waals surface area contributed by atoms with Crippen molar-refractivity contribution in [3.05, 3.63) is 68.1 Å². The highest BCUT2D eigenvalue weighted by Crippen LogP contribution is 2.28. The molecule has 28 heavy (non-hydrogen) atoms. The third-order valence-electron chi connectivity index (χ3n) is 5.64. The van der Waals surface area contributed by atoms with Gasteiger partial charge in [-0.2, -0.15) is 0 Å². The minimum atomic E-state index is 0.0819. The number of rotatable bonds is 6. The van der Waals surface area contributed by atoms with Crippen molar-refractivity contribution < 1.29 is 5.32 Å². The number of hydrogen-bond acceptors (Lipinski definition) is 3. The molecule has 3 aromatic rings. The van der Waals surface area contributed by atoms with Crippen molar-refractivity contribution in [2.24, 2.45) is 5.92 Å². The van der Waals surface area contributed by atoms with Crippen molar-refractivity contribution in [2.75, 3.05) is 0 Å². The van der Waals surface area contributed by atoms with E-state index in [0.29, 0.717) is 12.0 Å². The molecular formula is C23H30N3OS+. The molecule has 2 aromatic heterocycles. The lowest BCUT2D eigenvalue weighted by molar-refractivity contribution is -0.708. The van der Waals surface area contributed by atoms with Gasteiger partial charge in [0.1, 0.15) is 18.3 Å². The van der Waals surface area contributed by atoms with Gasteiger partial charge in [0.15, 0.2) is 4.96 Å². The van der Waals surface area contributed by atoms with Crippen molar-refractivity contribution >= 4 is 16.3 Å². The van der Waals surface area contributed by atoms with Gasteiger partial charge in [0.2, 0.25) is 0 Å². The summed E-state index contributed by atoms with van der Waals surface area (Å²) >= 11 is 1.70. The van der Waals surface area contributed by atoms with Crippen LogP contribution in [0.2, 0.25) is 0 Å². The minimum absolute atomic E-state index is 0.0819. The van der Waals surface area contributed by atoms with Crippen LogP contribution in [0.15, 0.2) is 35.1 Å². The zero-order valence-corrected chi connectivity index (χ0v) is 17.9. The predicted octanol–water partition coefficient (Wildman–Crippen LogP) is 3.66. The molecule has 0 radical (unpaired) electrons. The summed E-state index contributed by atoms with van der Waals surface area (Å²) in [5.41, 5.74) is 4.88. The second-order valence-electron chi connectivity index (χ2n) is 8.45. The fraction of sp³-hybridized carbons (Fsp3) is 0.478. The molecule has 0 unspecified atom stereocenters. The van der Waals surface area contributed by atoms with Gasteiger partial charge in [-0.05, 0) is 50.5 Å². The molecule has 5 heteroatoms. The van der Waals surface area contributed by atoms with E-state index in [9.17, 15) is 4.79 Å². The maximum Gasteiger partial charge on any atom is 0.259 e. The maximum atomic E-state index is 12.7. The Morgan fingerprint density at radius 1 is 1.14 bits per heavy atom. The van der Waals surface area contributed by atoms with E-state index in [0.717, 1.165) is 36.5 Å². The van der Waals surface area contributed by atoms with Crippen LogP contribution in [0.4, 0.5) is 0 Å². The molecular weight excluding hydrogens is 366 g/mol. The lowest BCUT2D eigenvalue weighted by atomic mass is 10.00. The third kappa shape index (κ3) is 4.06. The quantitative estimate of drug-likeness (QED) is 0.691. The van der Waals surface area contributed by atoms with Gasteiger partial charge in [0.05, 0.1) is 0 Å². The smallest absolute Gasteiger partial charge is 0.259 e. The fourth-order valence-corrected chi connectivity index (χ4v) is 5.34. The first-order chi connectivity index (χ1) is 13.5. The van der Waals surface area contributed by atoms with E-state index in [1.54, 1.807) is 17.4 Å². The number of benzene rings is 1. The largest absolute Gasteiger partial charge is 0.335 e. The van der Waals surface area contributed by atoms with E-state index in [1.807, 2.05) is 4.40 Å². The topological polar surface area (TPSA) is 51.0 Å². The van der Waals surface area contributed by atoms with Gasteiger partial charge in [0.25, 0.3) is 5.56 Å². The molecule has 148 valence electrons. The molecule has 0 bridgehead atoms. The Balaban J connectivity index is 1.47. The van der Waals surface area contributed by atoms with E-state index in [2.05, 4.69) is 50.4 Å².